The van der Waals surface area contributed by atoms with Gasteiger partial charge in [0.2, 0.25) is 0 Å². The lowest BCUT2D eigenvalue weighted by Gasteiger charge is -2.17. The Bertz CT molecular complexity index is 806. The van der Waals surface area contributed by atoms with Crippen molar-refractivity contribution in [3.05, 3.63) is 59.0 Å². The maximum Gasteiger partial charge on any atom is 0.147 e. The summed E-state index contributed by atoms with van der Waals surface area (Å²) in [7, 11) is 0. The number of anilines is 1. The fourth-order valence-electron chi connectivity index (χ4n) is 3.02. The molecule has 1 unspecified atom stereocenters. The second-order valence-electron chi connectivity index (χ2n) is 5.55. The third-order valence-corrected chi connectivity index (χ3v) is 4.84. The molecule has 3 heterocycles. The van der Waals surface area contributed by atoms with Crippen LogP contribution in [0.25, 0.3) is 11.0 Å². The molecule has 4 nitrogen and oxygen atoms in total. The van der Waals surface area contributed by atoms with Crippen molar-refractivity contribution in [2.24, 2.45) is 0 Å². The van der Waals surface area contributed by atoms with Crippen molar-refractivity contribution in [1.82, 2.24) is 15.0 Å². The van der Waals surface area contributed by atoms with Gasteiger partial charge < -0.3 is 4.90 Å². The molecule has 0 aliphatic carbocycles. The van der Waals surface area contributed by atoms with Crippen LogP contribution in [0.2, 0.25) is 0 Å². The molecule has 110 valence electrons. The van der Waals surface area contributed by atoms with Gasteiger partial charge in [-0.15, -0.1) is 0 Å². The van der Waals surface area contributed by atoms with Gasteiger partial charge in [0.1, 0.15) is 11.3 Å². The Kier molecular flexibility index (Phi) is 3.50. The molecule has 1 atom stereocenters. The molecule has 5 heteroatoms. The summed E-state index contributed by atoms with van der Waals surface area (Å²) in [4.78, 5) is 15.7. The summed E-state index contributed by atoms with van der Waals surface area (Å²) in [6, 6.07) is 10.2. The van der Waals surface area contributed by atoms with E-state index in [0.29, 0.717) is 5.92 Å². The van der Waals surface area contributed by atoms with E-state index in [1.54, 1.807) is 0 Å². The van der Waals surface area contributed by atoms with Crippen molar-refractivity contribution in [2.45, 2.75) is 12.3 Å². The zero-order valence-electron chi connectivity index (χ0n) is 12.0. The highest BCUT2D eigenvalue weighted by Gasteiger charge is 2.25. The molecule has 4 rings (SSSR count). The smallest absolute Gasteiger partial charge is 0.147 e. The molecule has 1 fully saturated rings. The Morgan fingerprint density at radius 3 is 2.86 bits per heavy atom. The van der Waals surface area contributed by atoms with Crippen LogP contribution in [0, 0.1) is 0 Å². The second kappa shape index (κ2) is 5.65. The maximum atomic E-state index is 4.77. The highest BCUT2D eigenvalue weighted by molar-refractivity contribution is 9.10. The van der Waals surface area contributed by atoms with E-state index >= 15 is 0 Å². The van der Waals surface area contributed by atoms with Gasteiger partial charge in [-0.25, -0.2) is 9.97 Å². The van der Waals surface area contributed by atoms with Crippen LogP contribution in [0.3, 0.4) is 0 Å². The SMILES string of the molecule is Brc1cccc2nc(N3CCC(c4ccncc4)C3)cnc12. The van der Waals surface area contributed by atoms with Crippen LogP contribution >= 0.6 is 15.9 Å². The zero-order chi connectivity index (χ0) is 14.9. The number of halogens is 1. The van der Waals surface area contributed by atoms with Gasteiger partial charge in [-0.2, -0.15) is 0 Å². The monoisotopic (exact) mass is 354 g/mol. The number of hydrogen-bond donors (Lipinski definition) is 0. The van der Waals surface area contributed by atoms with Crippen molar-refractivity contribution in [1.29, 1.82) is 0 Å². The Morgan fingerprint density at radius 2 is 2.00 bits per heavy atom. The van der Waals surface area contributed by atoms with E-state index in [4.69, 9.17) is 4.98 Å². The third-order valence-electron chi connectivity index (χ3n) is 4.20. The van der Waals surface area contributed by atoms with E-state index in [0.717, 1.165) is 40.8 Å². The van der Waals surface area contributed by atoms with Gasteiger partial charge in [0.15, 0.2) is 0 Å². The average Bonchev–Trinajstić information content (AvgIpc) is 3.06. The number of hydrogen-bond acceptors (Lipinski definition) is 4. The molecule has 0 radical (unpaired) electrons. The number of rotatable bonds is 2. The molecule has 1 saturated heterocycles. The Morgan fingerprint density at radius 1 is 1.14 bits per heavy atom. The first-order chi connectivity index (χ1) is 10.8. The van der Waals surface area contributed by atoms with Crippen LogP contribution in [0.1, 0.15) is 17.9 Å². The van der Waals surface area contributed by atoms with E-state index in [-0.39, 0.29) is 0 Å². The van der Waals surface area contributed by atoms with Crippen LogP contribution in [0.15, 0.2) is 53.4 Å². The molecule has 2 aromatic heterocycles. The molecular weight excluding hydrogens is 340 g/mol. The first kappa shape index (κ1) is 13.6. The highest BCUT2D eigenvalue weighted by atomic mass is 79.9. The van der Waals surface area contributed by atoms with E-state index in [9.17, 15) is 0 Å². The summed E-state index contributed by atoms with van der Waals surface area (Å²) in [5.74, 6) is 1.50. The molecule has 1 aromatic carbocycles. The molecule has 0 bridgehead atoms. The lowest BCUT2D eigenvalue weighted by atomic mass is 10.00. The van der Waals surface area contributed by atoms with E-state index < -0.39 is 0 Å². The largest absolute Gasteiger partial charge is 0.355 e. The molecule has 0 N–H and O–H groups in total. The van der Waals surface area contributed by atoms with E-state index in [1.807, 2.05) is 36.8 Å². The Labute approximate surface area is 137 Å². The molecule has 0 spiro atoms. The normalized spacial score (nSPS) is 18.0. The summed E-state index contributed by atoms with van der Waals surface area (Å²) in [6.07, 6.45) is 6.75. The van der Waals surface area contributed by atoms with Crippen LogP contribution < -0.4 is 4.90 Å². The first-order valence-corrected chi connectivity index (χ1v) is 8.17. The minimum Gasteiger partial charge on any atom is -0.355 e. The molecule has 22 heavy (non-hydrogen) atoms. The van der Waals surface area contributed by atoms with Crippen molar-refractivity contribution < 1.29 is 0 Å². The summed E-state index contributed by atoms with van der Waals surface area (Å²) in [5.41, 5.74) is 3.20. The van der Waals surface area contributed by atoms with Gasteiger partial charge in [-0.3, -0.25) is 4.98 Å². The quantitative estimate of drug-likeness (QED) is 0.702. The lowest BCUT2D eigenvalue weighted by molar-refractivity contribution is 0.772. The predicted molar refractivity (Wildman–Crippen MR) is 91.0 cm³/mol. The van der Waals surface area contributed by atoms with Crippen LogP contribution in [-0.4, -0.2) is 28.0 Å². The van der Waals surface area contributed by atoms with E-state index in [2.05, 4.69) is 42.9 Å². The van der Waals surface area contributed by atoms with Crippen LogP contribution in [0.4, 0.5) is 5.82 Å². The van der Waals surface area contributed by atoms with Gasteiger partial charge in [0, 0.05) is 35.9 Å². The van der Waals surface area contributed by atoms with Crippen molar-refractivity contribution in [3.8, 4) is 0 Å². The Hall–Kier alpha value is -2.01. The third kappa shape index (κ3) is 2.46. The Balaban J connectivity index is 1.61. The summed E-state index contributed by atoms with van der Waals surface area (Å²) in [5, 5.41) is 0. The van der Waals surface area contributed by atoms with Crippen molar-refractivity contribution in [2.75, 3.05) is 18.0 Å². The summed E-state index contributed by atoms with van der Waals surface area (Å²) >= 11 is 3.52. The zero-order valence-corrected chi connectivity index (χ0v) is 13.6. The molecular formula is C17H15BrN4. The van der Waals surface area contributed by atoms with Gasteiger partial charge in [-0.1, -0.05) is 6.07 Å². The minimum absolute atomic E-state index is 0.544. The number of nitrogens with zero attached hydrogens (tertiary/aromatic N) is 4. The highest BCUT2D eigenvalue weighted by Crippen LogP contribution is 2.30. The number of pyridine rings is 1. The number of benzene rings is 1. The van der Waals surface area contributed by atoms with Gasteiger partial charge in [0.05, 0.1) is 11.7 Å². The van der Waals surface area contributed by atoms with Gasteiger partial charge in [-0.05, 0) is 52.2 Å². The van der Waals surface area contributed by atoms with Crippen LogP contribution in [-0.2, 0) is 0 Å². The molecule has 0 saturated carbocycles. The molecule has 1 aliphatic heterocycles. The van der Waals surface area contributed by atoms with Crippen molar-refractivity contribution in [3.63, 3.8) is 0 Å². The number of fused-ring (bicyclic) bond motifs is 1. The number of aromatic nitrogens is 3. The van der Waals surface area contributed by atoms with Crippen LogP contribution in [0.5, 0.6) is 0 Å². The predicted octanol–water partition coefficient (Wildman–Crippen LogP) is 3.78. The number of para-hydroxylation sites is 1. The van der Waals surface area contributed by atoms with Gasteiger partial charge in [0.25, 0.3) is 0 Å². The second-order valence-corrected chi connectivity index (χ2v) is 6.40. The molecule has 1 aliphatic rings. The van der Waals surface area contributed by atoms with Gasteiger partial charge >= 0.3 is 0 Å². The fourth-order valence-corrected chi connectivity index (χ4v) is 3.48. The lowest BCUT2D eigenvalue weighted by Crippen LogP contribution is -2.20. The average molecular weight is 355 g/mol. The topological polar surface area (TPSA) is 41.9 Å². The summed E-state index contributed by atoms with van der Waals surface area (Å²) in [6.45, 7) is 2.00. The maximum absolute atomic E-state index is 4.77. The van der Waals surface area contributed by atoms with E-state index in [1.165, 1.54) is 5.56 Å². The van der Waals surface area contributed by atoms with Crippen molar-refractivity contribution >= 4 is 32.8 Å². The summed E-state index contributed by atoms with van der Waals surface area (Å²) < 4.78 is 0.986. The first-order valence-electron chi connectivity index (χ1n) is 7.37. The standard InChI is InChI=1S/C17H15BrN4/c18-14-2-1-3-15-17(14)20-10-16(21-15)22-9-6-13(11-22)12-4-7-19-8-5-12/h1-5,7-8,10,13H,6,9,11H2. The fraction of sp³-hybridized carbons (Fsp3) is 0.235. The molecule has 0 amide bonds. The molecule has 3 aromatic rings. The minimum atomic E-state index is 0.544.